The van der Waals surface area contributed by atoms with Crippen LogP contribution in [0.5, 0.6) is 11.5 Å². The molecule has 0 saturated heterocycles. The number of aromatic amines is 1. The smallest absolute Gasteiger partial charge is 0.413 e. The molecule has 0 aliphatic carbocycles. The van der Waals surface area contributed by atoms with Crippen LogP contribution >= 0.6 is 11.3 Å². The molecule has 4 aromatic rings. The number of fused-ring (bicyclic) bond motifs is 1. The standard InChI is InChI=1S/C21H21N5O3S/c1-28-17-5-3-2-4-13(17)16(12-22)26-21(27)29-18-8-11-30-20(18)25-15-7-10-24-19-14(15)6-9-23-19/h2-11,16H,12,22H2,1H3,(H,26,27)(H2,23,24,25). The van der Waals surface area contributed by atoms with Gasteiger partial charge in [-0.3, -0.25) is 0 Å². The SMILES string of the molecule is COc1ccccc1C(CN)NC(=O)Oc1ccsc1Nc1ccnc2[nH]ccc12. The number of thiophene rings is 1. The van der Waals surface area contributed by atoms with Crippen LogP contribution in [0.1, 0.15) is 11.6 Å². The number of hydrogen-bond donors (Lipinski definition) is 4. The van der Waals surface area contributed by atoms with Crippen molar-refractivity contribution in [2.75, 3.05) is 19.0 Å². The number of hydrogen-bond acceptors (Lipinski definition) is 7. The highest BCUT2D eigenvalue weighted by atomic mass is 32.1. The average Bonchev–Trinajstić information content (AvgIpc) is 3.42. The largest absolute Gasteiger partial charge is 0.496 e. The number of anilines is 2. The van der Waals surface area contributed by atoms with E-state index in [4.69, 9.17) is 15.2 Å². The van der Waals surface area contributed by atoms with Crippen molar-refractivity contribution in [2.45, 2.75) is 6.04 Å². The van der Waals surface area contributed by atoms with E-state index < -0.39 is 12.1 Å². The Morgan fingerprint density at radius 2 is 2.10 bits per heavy atom. The van der Waals surface area contributed by atoms with Crippen molar-refractivity contribution in [1.82, 2.24) is 15.3 Å². The minimum atomic E-state index is -0.598. The van der Waals surface area contributed by atoms with Crippen LogP contribution < -0.4 is 25.8 Å². The van der Waals surface area contributed by atoms with Crippen LogP contribution in [-0.4, -0.2) is 29.7 Å². The number of methoxy groups -OCH3 is 1. The molecule has 0 bridgehead atoms. The maximum atomic E-state index is 12.6. The molecule has 4 rings (SSSR count). The fourth-order valence-electron chi connectivity index (χ4n) is 3.15. The van der Waals surface area contributed by atoms with Crippen molar-refractivity contribution in [2.24, 2.45) is 5.73 Å². The van der Waals surface area contributed by atoms with Gasteiger partial charge in [-0.2, -0.15) is 0 Å². The van der Waals surface area contributed by atoms with Gasteiger partial charge >= 0.3 is 6.09 Å². The van der Waals surface area contributed by atoms with E-state index in [1.54, 1.807) is 19.4 Å². The summed E-state index contributed by atoms with van der Waals surface area (Å²) in [5.74, 6) is 1.08. The first-order valence-corrected chi connectivity index (χ1v) is 10.2. The lowest BCUT2D eigenvalue weighted by Gasteiger charge is -2.19. The van der Waals surface area contributed by atoms with Crippen molar-refractivity contribution < 1.29 is 14.3 Å². The number of carbonyl (C=O) groups excluding carboxylic acids is 1. The number of amides is 1. The van der Waals surface area contributed by atoms with E-state index in [2.05, 4.69) is 20.6 Å². The molecule has 0 aliphatic heterocycles. The molecule has 1 atom stereocenters. The van der Waals surface area contributed by atoms with E-state index in [1.165, 1.54) is 11.3 Å². The van der Waals surface area contributed by atoms with Crippen LogP contribution in [0.2, 0.25) is 0 Å². The molecular formula is C21H21N5O3S. The molecule has 1 amide bonds. The van der Waals surface area contributed by atoms with E-state index in [-0.39, 0.29) is 6.54 Å². The number of aromatic nitrogens is 2. The molecule has 154 valence electrons. The Kier molecular flexibility index (Phi) is 5.82. The summed E-state index contributed by atoms with van der Waals surface area (Å²) in [7, 11) is 1.58. The zero-order valence-electron chi connectivity index (χ0n) is 16.2. The Morgan fingerprint density at radius 1 is 1.23 bits per heavy atom. The van der Waals surface area contributed by atoms with Gasteiger partial charge in [0, 0.05) is 29.9 Å². The summed E-state index contributed by atoms with van der Waals surface area (Å²) in [5.41, 5.74) is 8.31. The van der Waals surface area contributed by atoms with Crippen LogP contribution in [0.15, 0.2) is 60.2 Å². The zero-order valence-corrected chi connectivity index (χ0v) is 17.0. The molecule has 8 nitrogen and oxygen atoms in total. The second kappa shape index (κ2) is 8.85. The van der Waals surface area contributed by atoms with Crippen molar-refractivity contribution in [3.8, 4) is 11.5 Å². The number of carbonyl (C=O) groups is 1. The fourth-order valence-corrected chi connectivity index (χ4v) is 3.87. The monoisotopic (exact) mass is 423 g/mol. The molecule has 0 fully saturated rings. The first-order chi connectivity index (χ1) is 14.7. The average molecular weight is 423 g/mol. The highest BCUT2D eigenvalue weighted by Crippen LogP contribution is 2.35. The number of nitrogens with zero attached hydrogens (tertiary/aromatic N) is 1. The Morgan fingerprint density at radius 3 is 2.93 bits per heavy atom. The Balaban J connectivity index is 1.48. The second-order valence-electron chi connectivity index (χ2n) is 6.40. The first kappa shape index (κ1) is 19.7. The second-order valence-corrected chi connectivity index (χ2v) is 7.32. The first-order valence-electron chi connectivity index (χ1n) is 9.27. The number of benzene rings is 1. The van der Waals surface area contributed by atoms with Gasteiger partial charge in [0.05, 0.1) is 18.8 Å². The van der Waals surface area contributed by atoms with Gasteiger partial charge in [0.25, 0.3) is 0 Å². The van der Waals surface area contributed by atoms with E-state index >= 15 is 0 Å². The summed E-state index contributed by atoms with van der Waals surface area (Å²) in [6, 6.07) is 12.5. The Hall–Kier alpha value is -3.56. The lowest BCUT2D eigenvalue weighted by atomic mass is 10.1. The van der Waals surface area contributed by atoms with E-state index in [9.17, 15) is 4.79 Å². The van der Waals surface area contributed by atoms with Gasteiger partial charge in [0.1, 0.15) is 16.4 Å². The molecule has 0 radical (unpaired) electrons. The van der Waals surface area contributed by atoms with Gasteiger partial charge in [0.2, 0.25) is 0 Å². The molecule has 0 spiro atoms. The number of ether oxygens (including phenoxy) is 2. The number of nitrogens with one attached hydrogen (secondary N) is 3. The van der Waals surface area contributed by atoms with Gasteiger partial charge in [-0.25, -0.2) is 9.78 Å². The number of nitrogens with two attached hydrogens (primary N) is 1. The topological polar surface area (TPSA) is 114 Å². The molecule has 30 heavy (non-hydrogen) atoms. The summed E-state index contributed by atoms with van der Waals surface area (Å²) in [5, 5.41) is 9.62. The molecule has 1 unspecified atom stereocenters. The van der Waals surface area contributed by atoms with Gasteiger partial charge < -0.3 is 30.8 Å². The Bertz CT molecular complexity index is 1160. The third-order valence-corrected chi connectivity index (χ3v) is 5.39. The highest BCUT2D eigenvalue weighted by Gasteiger charge is 2.19. The fraction of sp³-hybridized carbons (Fsp3) is 0.143. The summed E-state index contributed by atoms with van der Waals surface area (Å²) in [6.45, 7) is 0.201. The predicted molar refractivity (Wildman–Crippen MR) is 118 cm³/mol. The van der Waals surface area contributed by atoms with Crippen LogP contribution in [0.3, 0.4) is 0 Å². The number of para-hydroxylation sites is 1. The maximum Gasteiger partial charge on any atom is 0.413 e. The predicted octanol–water partition coefficient (Wildman–Crippen LogP) is 4.17. The van der Waals surface area contributed by atoms with Crippen LogP contribution in [0.25, 0.3) is 11.0 Å². The van der Waals surface area contributed by atoms with Crippen LogP contribution in [0, 0.1) is 0 Å². The van der Waals surface area contributed by atoms with Crippen LogP contribution in [-0.2, 0) is 0 Å². The van der Waals surface area contributed by atoms with E-state index in [0.717, 1.165) is 22.3 Å². The zero-order chi connectivity index (χ0) is 20.9. The molecule has 3 aromatic heterocycles. The highest BCUT2D eigenvalue weighted by molar-refractivity contribution is 7.14. The summed E-state index contributed by atoms with van der Waals surface area (Å²) < 4.78 is 10.9. The molecule has 5 N–H and O–H groups in total. The van der Waals surface area contributed by atoms with Crippen molar-refractivity contribution in [1.29, 1.82) is 0 Å². The minimum Gasteiger partial charge on any atom is -0.496 e. The lowest BCUT2D eigenvalue weighted by molar-refractivity contribution is 0.196. The third-order valence-electron chi connectivity index (χ3n) is 4.58. The number of pyridine rings is 1. The van der Waals surface area contributed by atoms with Gasteiger partial charge in [-0.05, 0) is 29.6 Å². The van der Waals surface area contributed by atoms with Crippen molar-refractivity contribution >= 4 is 39.2 Å². The molecule has 0 aliphatic rings. The van der Waals surface area contributed by atoms with Crippen molar-refractivity contribution in [3.63, 3.8) is 0 Å². The molecule has 1 aromatic carbocycles. The molecule has 9 heteroatoms. The van der Waals surface area contributed by atoms with E-state index in [1.807, 2.05) is 48.0 Å². The maximum absolute atomic E-state index is 12.6. The molecule has 3 heterocycles. The van der Waals surface area contributed by atoms with Crippen LogP contribution in [0.4, 0.5) is 15.5 Å². The lowest BCUT2D eigenvalue weighted by Crippen LogP contribution is -2.35. The molecular weight excluding hydrogens is 402 g/mol. The minimum absolute atomic E-state index is 0.201. The molecule has 0 saturated carbocycles. The van der Waals surface area contributed by atoms with E-state index in [0.29, 0.717) is 16.5 Å². The van der Waals surface area contributed by atoms with Gasteiger partial charge in [-0.15, -0.1) is 11.3 Å². The van der Waals surface area contributed by atoms with Gasteiger partial charge in [0.15, 0.2) is 5.75 Å². The quantitative estimate of drug-likeness (QED) is 0.355. The number of rotatable bonds is 7. The normalized spacial score (nSPS) is 11.8. The van der Waals surface area contributed by atoms with Crippen molar-refractivity contribution in [3.05, 3.63) is 65.8 Å². The summed E-state index contributed by atoms with van der Waals surface area (Å²) in [4.78, 5) is 19.9. The Labute approximate surface area is 177 Å². The summed E-state index contributed by atoms with van der Waals surface area (Å²) in [6.07, 6.45) is 2.94. The third kappa shape index (κ3) is 4.07. The summed E-state index contributed by atoms with van der Waals surface area (Å²) >= 11 is 1.43. The van der Waals surface area contributed by atoms with Gasteiger partial charge in [-0.1, -0.05) is 18.2 Å². The number of H-pyrrole nitrogens is 1.